The molecule has 0 aliphatic carbocycles. The van der Waals surface area contributed by atoms with E-state index in [0.717, 1.165) is 12.8 Å². The summed E-state index contributed by atoms with van der Waals surface area (Å²) in [5.74, 6) is 0.165. The third-order valence-electron chi connectivity index (χ3n) is 4.22. The highest BCUT2D eigenvalue weighted by atomic mass is 16.2. The highest BCUT2D eigenvalue weighted by Gasteiger charge is 2.31. The molecule has 0 spiro atoms. The number of rotatable bonds is 6. The Labute approximate surface area is 132 Å². The molecule has 1 aromatic carbocycles. The molecule has 2 rings (SSSR count). The number of nitrogens with one attached hydrogen (secondary N) is 1. The first kappa shape index (κ1) is 16.5. The second-order valence-electron chi connectivity index (χ2n) is 6.28. The Morgan fingerprint density at radius 2 is 1.91 bits per heavy atom. The molecule has 1 unspecified atom stereocenters. The average molecular weight is 302 g/mol. The van der Waals surface area contributed by atoms with Crippen molar-refractivity contribution >= 4 is 11.8 Å². The van der Waals surface area contributed by atoms with Gasteiger partial charge in [0.1, 0.15) is 0 Å². The Bertz CT molecular complexity index is 522. The number of hydrogen-bond donors (Lipinski definition) is 1. The van der Waals surface area contributed by atoms with Gasteiger partial charge in [-0.1, -0.05) is 31.2 Å². The van der Waals surface area contributed by atoms with Gasteiger partial charge in [0.05, 0.1) is 6.04 Å². The van der Waals surface area contributed by atoms with E-state index in [0.29, 0.717) is 19.4 Å². The summed E-state index contributed by atoms with van der Waals surface area (Å²) in [5.41, 5.74) is 2.49. The zero-order valence-electron chi connectivity index (χ0n) is 13.8. The van der Waals surface area contributed by atoms with Crippen LogP contribution in [0.1, 0.15) is 44.7 Å². The molecule has 1 aliphatic heterocycles. The number of amides is 2. The Morgan fingerprint density at radius 1 is 1.27 bits per heavy atom. The van der Waals surface area contributed by atoms with Gasteiger partial charge in [-0.05, 0) is 37.8 Å². The van der Waals surface area contributed by atoms with Crippen molar-refractivity contribution in [3.8, 4) is 0 Å². The third-order valence-corrected chi connectivity index (χ3v) is 4.22. The molecule has 2 amide bonds. The summed E-state index contributed by atoms with van der Waals surface area (Å²) >= 11 is 0. The van der Waals surface area contributed by atoms with Crippen LogP contribution in [-0.2, 0) is 22.4 Å². The maximum Gasteiger partial charge on any atom is 0.225 e. The lowest BCUT2D eigenvalue weighted by Crippen LogP contribution is -2.38. The summed E-state index contributed by atoms with van der Waals surface area (Å²) in [4.78, 5) is 25.7. The quantitative estimate of drug-likeness (QED) is 0.876. The van der Waals surface area contributed by atoms with Crippen LogP contribution >= 0.6 is 0 Å². The molecular formula is C18H26N2O2. The van der Waals surface area contributed by atoms with E-state index in [9.17, 15) is 9.59 Å². The summed E-state index contributed by atoms with van der Waals surface area (Å²) in [6, 6.07) is 8.57. The topological polar surface area (TPSA) is 49.4 Å². The van der Waals surface area contributed by atoms with Crippen molar-refractivity contribution in [2.75, 3.05) is 6.54 Å². The predicted octanol–water partition coefficient (Wildman–Crippen LogP) is 2.31. The highest BCUT2D eigenvalue weighted by molar-refractivity contribution is 5.82. The van der Waals surface area contributed by atoms with Crippen LogP contribution in [-0.4, -0.2) is 35.3 Å². The fourth-order valence-electron chi connectivity index (χ4n) is 2.83. The number of aryl methyl sites for hydroxylation is 2. The SMILES string of the molecule is CCc1ccc(CCC(=O)NC2CC(=O)N(C(C)C)C2)cc1. The molecule has 0 saturated carbocycles. The van der Waals surface area contributed by atoms with Gasteiger partial charge in [0, 0.05) is 25.4 Å². The van der Waals surface area contributed by atoms with E-state index >= 15 is 0 Å². The Balaban J connectivity index is 1.77. The van der Waals surface area contributed by atoms with E-state index < -0.39 is 0 Å². The summed E-state index contributed by atoms with van der Waals surface area (Å²) in [6.45, 7) is 6.77. The maximum atomic E-state index is 12.0. The molecule has 4 nitrogen and oxygen atoms in total. The first-order valence-electron chi connectivity index (χ1n) is 8.16. The molecule has 1 saturated heterocycles. The lowest BCUT2D eigenvalue weighted by atomic mass is 10.1. The normalized spacial score (nSPS) is 18.1. The van der Waals surface area contributed by atoms with Crippen molar-refractivity contribution in [2.24, 2.45) is 0 Å². The smallest absolute Gasteiger partial charge is 0.225 e. The summed E-state index contributed by atoms with van der Waals surface area (Å²) in [7, 11) is 0. The van der Waals surface area contributed by atoms with Crippen LogP contribution in [0.25, 0.3) is 0 Å². The Kier molecular flexibility index (Phi) is 5.58. The lowest BCUT2D eigenvalue weighted by Gasteiger charge is -2.21. The van der Waals surface area contributed by atoms with Gasteiger partial charge in [-0.2, -0.15) is 0 Å². The van der Waals surface area contributed by atoms with Gasteiger partial charge in [-0.25, -0.2) is 0 Å². The van der Waals surface area contributed by atoms with Crippen LogP contribution < -0.4 is 5.32 Å². The zero-order chi connectivity index (χ0) is 16.1. The molecule has 22 heavy (non-hydrogen) atoms. The van der Waals surface area contributed by atoms with Gasteiger partial charge >= 0.3 is 0 Å². The van der Waals surface area contributed by atoms with Crippen LogP contribution in [0.4, 0.5) is 0 Å². The minimum absolute atomic E-state index is 0.0305. The number of benzene rings is 1. The first-order valence-corrected chi connectivity index (χ1v) is 8.16. The van der Waals surface area contributed by atoms with Crippen molar-refractivity contribution in [2.45, 2.75) is 58.5 Å². The van der Waals surface area contributed by atoms with Crippen LogP contribution in [0.5, 0.6) is 0 Å². The van der Waals surface area contributed by atoms with Crippen LogP contribution in [0.2, 0.25) is 0 Å². The van der Waals surface area contributed by atoms with E-state index in [1.165, 1.54) is 11.1 Å². The van der Waals surface area contributed by atoms with Crippen molar-refractivity contribution in [1.29, 1.82) is 0 Å². The van der Waals surface area contributed by atoms with Gasteiger partial charge < -0.3 is 10.2 Å². The van der Waals surface area contributed by atoms with E-state index in [1.54, 1.807) is 0 Å². The Morgan fingerprint density at radius 3 is 2.45 bits per heavy atom. The minimum atomic E-state index is -0.0372. The molecule has 1 heterocycles. The first-order chi connectivity index (χ1) is 10.5. The number of likely N-dealkylation sites (tertiary alicyclic amines) is 1. The van der Waals surface area contributed by atoms with Crippen LogP contribution in [0, 0.1) is 0 Å². The molecule has 1 aromatic rings. The predicted molar refractivity (Wildman–Crippen MR) is 87.5 cm³/mol. The van der Waals surface area contributed by atoms with E-state index in [4.69, 9.17) is 0 Å². The summed E-state index contributed by atoms with van der Waals surface area (Å²) in [6.07, 6.45) is 2.67. The van der Waals surface area contributed by atoms with Gasteiger partial charge in [-0.15, -0.1) is 0 Å². The molecule has 1 N–H and O–H groups in total. The largest absolute Gasteiger partial charge is 0.351 e. The average Bonchev–Trinajstić information content (AvgIpc) is 2.86. The second kappa shape index (κ2) is 7.43. The molecule has 4 heteroatoms. The van der Waals surface area contributed by atoms with Gasteiger partial charge in [0.2, 0.25) is 11.8 Å². The van der Waals surface area contributed by atoms with Crippen molar-refractivity contribution in [3.63, 3.8) is 0 Å². The van der Waals surface area contributed by atoms with E-state index in [2.05, 4.69) is 36.5 Å². The summed E-state index contributed by atoms with van der Waals surface area (Å²) in [5, 5.41) is 2.99. The number of hydrogen-bond acceptors (Lipinski definition) is 2. The molecule has 1 fully saturated rings. The van der Waals surface area contributed by atoms with E-state index in [-0.39, 0.29) is 23.9 Å². The molecule has 1 atom stereocenters. The Hall–Kier alpha value is -1.84. The van der Waals surface area contributed by atoms with Gasteiger partial charge in [0.15, 0.2) is 0 Å². The van der Waals surface area contributed by atoms with Crippen molar-refractivity contribution in [3.05, 3.63) is 35.4 Å². The van der Waals surface area contributed by atoms with Crippen molar-refractivity contribution < 1.29 is 9.59 Å². The summed E-state index contributed by atoms with van der Waals surface area (Å²) < 4.78 is 0. The van der Waals surface area contributed by atoms with Crippen molar-refractivity contribution in [1.82, 2.24) is 10.2 Å². The van der Waals surface area contributed by atoms with Crippen LogP contribution in [0.15, 0.2) is 24.3 Å². The number of nitrogens with zero attached hydrogens (tertiary/aromatic N) is 1. The second-order valence-corrected chi connectivity index (χ2v) is 6.28. The molecule has 0 radical (unpaired) electrons. The number of carbonyl (C=O) groups is 2. The highest BCUT2D eigenvalue weighted by Crippen LogP contribution is 2.14. The van der Waals surface area contributed by atoms with Gasteiger partial charge in [-0.3, -0.25) is 9.59 Å². The monoisotopic (exact) mass is 302 g/mol. The van der Waals surface area contributed by atoms with E-state index in [1.807, 2.05) is 18.7 Å². The fraction of sp³-hybridized carbons (Fsp3) is 0.556. The molecule has 0 aromatic heterocycles. The molecule has 1 aliphatic rings. The standard InChI is InChI=1S/C18H26N2O2/c1-4-14-5-7-15(8-6-14)9-10-17(21)19-16-11-18(22)20(12-16)13(2)3/h5-8,13,16H,4,9-12H2,1-3H3,(H,19,21). The maximum absolute atomic E-state index is 12.0. The third kappa shape index (κ3) is 4.33. The fourth-order valence-corrected chi connectivity index (χ4v) is 2.83. The molecule has 0 bridgehead atoms. The lowest BCUT2D eigenvalue weighted by molar-refractivity contribution is -0.129. The molecule has 120 valence electrons. The van der Waals surface area contributed by atoms with Gasteiger partial charge in [0.25, 0.3) is 0 Å². The minimum Gasteiger partial charge on any atom is -0.351 e. The molecular weight excluding hydrogens is 276 g/mol. The number of carbonyl (C=O) groups excluding carboxylic acids is 2. The van der Waals surface area contributed by atoms with Crippen LogP contribution in [0.3, 0.4) is 0 Å². The zero-order valence-corrected chi connectivity index (χ0v) is 13.8.